The molecule has 4 aliphatic rings. The summed E-state index contributed by atoms with van der Waals surface area (Å²) in [5.41, 5.74) is -0.174. The van der Waals surface area contributed by atoms with Gasteiger partial charge in [0, 0.05) is 12.6 Å². The maximum Gasteiger partial charge on any atom is 0.287 e. The molecule has 9 atom stereocenters. The molecule has 0 aliphatic carbocycles. The lowest BCUT2D eigenvalue weighted by atomic mass is 10.1. The SMILES string of the molecule is CC1(C)O[C@H]2O[C@H]([C@H]3COC(C)(C)O3)[C@H](O[P+](O)([S-])OC[C@H]3O[C@@H](n4ccc(=N)nc4[O-])C[C@@H]3O)[C@H]2O1. The zero-order valence-corrected chi connectivity index (χ0v) is 22.4. The highest BCUT2D eigenvalue weighted by Crippen LogP contribution is 2.59. The van der Waals surface area contributed by atoms with Gasteiger partial charge in [0.2, 0.25) is 0 Å². The van der Waals surface area contributed by atoms with E-state index in [0.29, 0.717) is 0 Å². The summed E-state index contributed by atoms with van der Waals surface area (Å²) in [7, 11) is -3.90. The number of ether oxygens (including phenoxy) is 6. The van der Waals surface area contributed by atoms with Crippen LogP contribution in [-0.4, -0.2) is 87.3 Å². The fraction of sp³-hybridized carbons (Fsp3) is 0.810. The van der Waals surface area contributed by atoms with Crippen molar-refractivity contribution in [2.24, 2.45) is 0 Å². The van der Waals surface area contributed by atoms with E-state index in [-0.39, 0.29) is 25.1 Å². The zero-order chi connectivity index (χ0) is 26.8. The molecule has 5 rings (SSSR count). The van der Waals surface area contributed by atoms with Crippen molar-refractivity contribution in [3.63, 3.8) is 0 Å². The van der Waals surface area contributed by atoms with Crippen molar-refractivity contribution in [3.8, 4) is 6.01 Å². The number of fused-ring (bicyclic) bond motifs is 1. The lowest BCUT2D eigenvalue weighted by Gasteiger charge is -2.32. The number of aromatic nitrogens is 2. The molecule has 1 aromatic heterocycles. The third-order valence-electron chi connectivity index (χ3n) is 6.43. The predicted octanol–water partition coefficient (Wildman–Crippen LogP) is -0.269. The van der Waals surface area contributed by atoms with Gasteiger partial charge in [-0.05, 0) is 33.8 Å². The van der Waals surface area contributed by atoms with E-state index in [4.69, 9.17) is 55.1 Å². The molecule has 14 nitrogen and oxygen atoms in total. The maximum atomic E-state index is 12.1. The van der Waals surface area contributed by atoms with Gasteiger partial charge in [0.1, 0.15) is 42.7 Å². The molecule has 0 bridgehead atoms. The number of rotatable bonds is 7. The van der Waals surface area contributed by atoms with Crippen LogP contribution in [0, 0.1) is 5.41 Å². The topological polar surface area (TPSA) is 179 Å². The highest BCUT2D eigenvalue weighted by Gasteiger charge is 2.61. The Bertz CT molecular complexity index is 1060. The van der Waals surface area contributed by atoms with Crippen molar-refractivity contribution in [1.29, 1.82) is 5.41 Å². The van der Waals surface area contributed by atoms with Gasteiger partial charge in [0.05, 0.1) is 18.7 Å². The van der Waals surface area contributed by atoms with Crippen LogP contribution < -0.4 is 10.6 Å². The van der Waals surface area contributed by atoms with Gasteiger partial charge >= 0.3 is 0 Å². The number of nitrogens with zero attached hydrogens (tertiary/aromatic N) is 2. The molecule has 208 valence electrons. The largest absolute Gasteiger partial charge is 0.846 e. The molecule has 16 heteroatoms. The van der Waals surface area contributed by atoms with Crippen molar-refractivity contribution in [2.75, 3.05) is 13.2 Å². The number of hydrogen-bond donors (Lipinski definition) is 3. The summed E-state index contributed by atoms with van der Waals surface area (Å²) in [6, 6.07) is 0.665. The van der Waals surface area contributed by atoms with E-state index in [1.54, 1.807) is 27.7 Å². The summed E-state index contributed by atoms with van der Waals surface area (Å²) in [5.74, 6) is -1.76. The van der Waals surface area contributed by atoms with Gasteiger partial charge in [0.15, 0.2) is 24.0 Å². The second-order valence-corrected chi connectivity index (χ2v) is 13.0. The van der Waals surface area contributed by atoms with E-state index < -0.39 is 73.9 Å². The van der Waals surface area contributed by atoms with Crippen LogP contribution in [0.5, 0.6) is 6.01 Å². The maximum absolute atomic E-state index is 12.1. The van der Waals surface area contributed by atoms with Crippen LogP contribution in [0.25, 0.3) is 0 Å². The molecule has 0 spiro atoms. The van der Waals surface area contributed by atoms with Gasteiger partial charge in [0.25, 0.3) is 7.15 Å². The molecule has 3 N–H and O–H groups in total. The van der Waals surface area contributed by atoms with Gasteiger partial charge in [-0.2, -0.15) is 9.05 Å². The van der Waals surface area contributed by atoms with Gasteiger partial charge in [-0.25, -0.2) is 9.88 Å². The van der Waals surface area contributed by atoms with E-state index in [1.807, 2.05) is 0 Å². The first-order chi connectivity index (χ1) is 17.2. The molecule has 1 unspecified atom stereocenters. The van der Waals surface area contributed by atoms with Crippen molar-refractivity contribution >= 4 is 19.4 Å². The van der Waals surface area contributed by atoms with Gasteiger partial charge in [-0.15, -0.1) is 0 Å². The monoisotopic (exact) mass is 564 g/mol. The van der Waals surface area contributed by atoms with Crippen LogP contribution in [0.1, 0.15) is 40.3 Å². The number of aliphatic hydroxyl groups excluding tert-OH is 1. The Labute approximate surface area is 218 Å². The van der Waals surface area contributed by atoms with E-state index in [1.165, 1.54) is 16.8 Å². The van der Waals surface area contributed by atoms with Crippen LogP contribution in [-0.2, 0) is 49.7 Å². The average Bonchev–Trinajstić information content (AvgIpc) is 3.49. The Kier molecular flexibility index (Phi) is 7.40. The normalized spacial score (nSPS) is 40.1. The second-order valence-electron chi connectivity index (χ2n) is 10.2. The summed E-state index contributed by atoms with van der Waals surface area (Å²) >= 11 is 5.28. The Balaban J connectivity index is 1.24. The van der Waals surface area contributed by atoms with Crippen molar-refractivity contribution in [1.82, 2.24) is 9.55 Å². The highest BCUT2D eigenvalue weighted by molar-refractivity contribution is 8.35. The van der Waals surface area contributed by atoms with Gasteiger partial charge < -0.3 is 55.4 Å². The van der Waals surface area contributed by atoms with Crippen LogP contribution in [0.15, 0.2) is 12.3 Å². The Morgan fingerprint density at radius 3 is 2.65 bits per heavy atom. The first kappa shape index (κ1) is 27.6. The lowest BCUT2D eigenvalue weighted by Crippen LogP contribution is -2.44. The summed E-state index contributed by atoms with van der Waals surface area (Å²) < 4.78 is 47.8. The molecule has 0 amide bonds. The fourth-order valence-electron chi connectivity index (χ4n) is 4.82. The Morgan fingerprint density at radius 2 is 1.97 bits per heavy atom. The van der Waals surface area contributed by atoms with Crippen LogP contribution in [0.3, 0.4) is 0 Å². The summed E-state index contributed by atoms with van der Waals surface area (Å²) in [5, 5.41) is 30.0. The predicted molar refractivity (Wildman–Crippen MR) is 123 cm³/mol. The molecule has 0 aromatic carbocycles. The molecule has 4 aliphatic heterocycles. The van der Waals surface area contributed by atoms with Crippen molar-refractivity contribution < 1.29 is 52.6 Å². The van der Waals surface area contributed by atoms with Gasteiger partial charge in [-0.3, -0.25) is 5.41 Å². The minimum atomic E-state index is -3.90. The minimum absolute atomic E-state index is 0.0828. The quantitative estimate of drug-likeness (QED) is 0.291. The van der Waals surface area contributed by atoms with E-state index in [0.717, 1.165) is 0 Å². The number of aliphatic hydroxyl groups is 1. The molecular weight excluding hydrogens is 533 g/mol. The van der Waals surface area contributed by atoms with Gasteiger partial charge in [-0.1, -0.05) is 0 Å². The smallest absolute Gasteiger partial charge is 0.287 e. The molecular formula is C21H31N3O11PS-. The third-order valence-corrected chi connectivity index (χ3v) is 7.98. The minimum Gasteiger partial charge on any atom is -0.846 e. The molecule has 4 saturated heterocycles. The number of hydrogen-bond acceptors (Lipinski definition) is 14. The van der Waals surface area contributed by atoms with Crippen molar-refractivity contribution in [3.05, 3.63) is 17.8 Å². The van der Waals surface area contributed by atoms with E-state index in [2.05, 4.69) is 4.98 Å². The molecule has 1 aromatic rings. The first-order valence-electron chi connectivity index (χ1n) is 11.8. The average molecular weight is 565 g/mol. The second kappa shape index (κ2) is 9.91. The fourth-order valence-corrected chi connectivity index (χ4v) is 6.24. The molecule has 0 radical (unpaired) electrons. The molecule has 37 heavy (non-hydrogen) atoms. The lowest BCUT2D eigenvalue weighted by molar-refractivity contribution is -0.290. The standard InChI is InChI=1S/C21H32N3O11PS/c1-20(2)28-8-12(32-20)15-16(17-18(31-15)34-21(3,4)33-17)35-36(27,37)29-9-11-10(25)7-14(30-11)24-6-5-13(22)23-19(24)26/h5-6,10-12,14-18,25H,7-9H2,1-4H3,(H,27,37)(H2,22,23,26)/p-1/t10-,11+,12+,14+,15+,16-,17+,18+,36?/m0/s1. The Hall–Kier alpha value is -0.940. The molecule has 0 saturated carbocycles. The van der Waals surface area contributed by atoms with E-state index in [9.17, 15) is 15.1 Å². The molecule has 4 fully saturated rings. The highest BCUT2D eigenvalue weighted by atomic mass is 32.7. The summed E-state index contributed by atoms with van der Waals surface area (Å²) in [6.07, 6.45) is -4.88. The summed E-state index contributed by atoms with van der Waals surface area (Å²) in [4.78, 5) is 14.5. The third kappa shape index (κ3) is 5.98. The van der Waals surface area contributed by atoms with E-state index >= 15 is 0 Å². The molecule has 5 heterocycles. The Morgan fingerprint density at radius 1 is 1.22 bits per heavy atom. The van der Waals surface area contributed by atoms with Crippen LogP contribution in [0.2, 0.25) is 0 Å². The van der Waals surface area contributed by atoms with Crippen molar-refractivity contribution in [2.45, 2.75) is 94.8 Å². The zero-order valence-electron chi connectivity index (χ0n) is 20.7. The number of nitrogens with one attached hydrogen (secondary N) is 1. The van der Waals surface area contributed by atoms with Crippen LogP contribution in [0.4, 0.5) is 0 Å². The van der Waals surface area contributed by atoms with Crippen LogP contribution >= 0.6 is 7.15 Å². The summed E-state index contributed by atoms with van der Waals surface area (Å²) in [6.45, 7) is 6.96. The first-order valence-corrected chi connectivity index (χ1v) is 14.4.